The molecular weight excluding hydrogens is 719 g/mol. The quantitative estimate of drug-likeness (QED) is 0.170. The average Bonchev–Trinajstić information content (AvgIpc) is 3.70. The van der Waals surface area contributed by atoms with Gasteiger partial charge in [-0.1, -0.05) is 170 Å². The number of anilines is 3. The summed E-state index contributed by atoms with van der Waals surface area (Å²) in [7, 11) is 0. The number of benzene rings is 8. The minimum Gasteiger partial charge on any atom is -0.456 e. The van der Waals surface area contributed by atoms with Gasteiger partial charge in [-0.2, -0.15) is 5.26 Å². The first kappa shape index (κ1) is 34.3. The van der Waals surface area contributed by atoms with Crippen molar-refractivity contribution in [2.75, 3.05) is 4.90 Å². The standard InChI is InChI=1S/C55H35N3O/c56-36-40-33-42(31-32-43(40)39-34-49(37-17-4-1-5-18-37)57-50(35-39)38-19-6-2-7-20-38)58-51-28-13-11-25-46(51)55(41-21-8-3-9-22-41,47-26-12-14-29-52(47)58)48-27-16-24-45-44-23-10-15-30-53(44)59-54(45)48/h1-35H. The SMILES string of the molecule is N#Cc1cc(N2c3ccccc3C(c3ccccc3)(c3cccc4c3oc3ccccc34)c3ccccc32)ccc1-c1cc(-c2ccccc2)nc(-c2ccccc2)c1. The van der Waals surface area contributed by atoms with Crippen molar-refractivity contribution >= 4 is 39.0 Å². The van der Waals surface area contributed by atoms with E-state index >= 15 is 0 Å². The number of furan rings is 1. The van der Waals surface area contributed by atoms with Gasteiger partial charge in [0.25, 0.3) is 0 Å². The third kappa shape index (κ3) is 5.40. The molecular formula is C55H35N3O. The van der Waals surface area contributed by atoms with Crippen molar-refractivity contribution in [3.8, 4) is 39.7 Å². The van der Waals surface area contributed by atoms with Crippen LogP contribution in [0.5, 0.6) is 0 Å². The van der Waals surface area contributed by atoms with Gasteiger partial charge >= 0.3 is 0 Å². The second-order valence-electron chi connectivity index (χ2n) is 15.0. The third-order valence-corrected chi connectivity index (χ3v) is 11.8. The van der Waals surface area contributed by atoms with Crippen molar-refractivity contribution in [1.82, 2.24) is 4.98 Å². The van der Waals surface area contributed by atoms with Gasteiger partial charge in [-0.3, -0.25) is 0 Å². The number of fused-ring (bicyclic) bond motifs is 5. The number of aromatic nitrogens is 1. The lowest BCUT2D eigenvalue weighted by molar-refractivity contribution is 0.643. The fourth-order valence-electron chi connectivity index (χ4n) is 9.23. The van der Waals surface area contributed by atoms with E-state index in [1.54, 1.807) is 0 Å². The van der Waals surface area contributed by atoms with Gasteiger partial charge in [0.15, 0.2) is 0 Å². The highest BCUT2D eigenvalue weighted by atomic mass is 16.3. The van der Waals surface area contributed by atoms with Gasteiger partial charge in [0.2, 0.25) is 0 Å². The molecule has 0 bridgehead atoms. The van der Waals surface area contributed by atoms with Crippen molar-refractivity contribution in [2.24, 2.45) is 0 Å². The number of para-hydroxylation sites is 4. The van der Waals surface area contributed by atoms with Crippen LogP contribution in [0.15, 0.2) is 217 Å². The largest absolute Gasteiger partial charge is 0.456 e. The summed E-state index contributed by atoms with van der Waals surface area (Å²) in [4.78, 5) is 7.40. The van der Waals surface area contributed by atoms with Crippen molar-refractivity contribution < 1.29 is 4.42 Å². The van der Waals surface area contributed by atoms with E-state index in [2.05, 4.69) is 169 Å². The zero-order chi connectivity index (χ0) is 39.3. The molecule has 0 fully saturated rings. The Morgan fingerprint density at radius 3 is 1.66 bits per heavy atom. The van der Waals surface area contributed by atoms with Gasteiger partial charge in [-0.15, -0.1) is 0 Å². The maximum atomic E-state index is 10.9. The van der Waals surface area contributed by atoms with Gasteiger partial charge in [-0.25, -0.2) is 4.98 Å². The number of pyridine rings is 1. The molecule has 0 amide bonds. The first-order valence-electron chi connectivity index (χ1n) is 19.9. The van der Waals surface area contributed by atoms with Crippen LogP contribution in [0, 0.1) is 11.3 Å². The van der Waals surface area contributed by atoms with Crippen LogP contribution in [0.3, 0.4) is 0 Å². The molecule has 0 aliphatic carbocycles. The Hall–Kier alpha value is -8.00. The van der Waals surface area contributed by atoms with E-state index in [0.717, 1.165) is 94.9 Å². The predicted octanol–water partition coefficient (Wildman–Crippen LogP) is 14.0. The van der Waals surface area contributed by atoms with Crippen LogP contribution in [0.2, 0.25) is 0 Å². The first-order valence-corrected chi connectivity index (χ1v) is 19.9. The Morgan fingerprint density at radius 1 is 0.475 bits per heavy atom. The average molecular weight is 754 g/mol. The minimum absolute atomic E-state index is 0.577. The van der Waals surface area contributed by atoms with E-state index in [1.165, 1.54) is 0 Å². The zero-order valence-electron chi connectivity index (χ0n) is 32.0. The Balaban J connectivity index is 1.13. The first-order chi connectivity index (χ1) is 29.2. The number of nitriles is 1. The highest BCUT2D eigenvalue weighted by Gasteiger charge is 2.48. The summed E-state index contributed by atoms with van der Waals surface area (Å²) in [5.74, 6) is 0. The Morgan fingerprint density at radius 2 is 1.02 bits per heavy atom. The number of nitrogens with zero attached hydrogens (tertiary/aromatic N) is 3. The molecule has 0 spiro atoms. The molecule has 8 aromatic carbocycles. The van der Waals surface area contributed by atoms with Crippen LogP contribution in [-0.2, 0) is 5.41 Å². The highest BCUT2D eigenvalue weighted by molar-refractivity contribution is 6.07. The maximum Gasteiger partial charge on any atom is 0.140 e. The monoisotopic (exact) mass is 753 g/mol. The van der Waals surface area contributed by atoms with E-state index in [4.69, 9.17) is 9.40 Å². The fraction of sp³-hybridized carbons (Fsp3) is 0.0182. The molecule has 1 aliphatic heterocycles. The molecule has 10 aromatic rings. The number of rotatable bonds is 6. The second-order valence-corrected chi connectivity index (χ2v) is 15.0. The molecule has 0 saturated heterocycles. The molecule has 276 valence electrons. The number of hydrogen-bond acceptors (Lipinski definition) is 4. The van der Waals surface area contributed by atoms with Crippen LogP contribution in [0.1, 0.15) is 27.8 Å². The lowest BCUT2D eigenvalue weighted by atomic mass is 9.62. The van der Waals surface area contributed by atoms with Crippen molar-refractivity contribution in [3.63, 3.8) is 0 Å². The normalized spacial score (nSPS) is 12.8. The molecule has 2 aromatic heterocycles. The summed E-state index contributed by atoms with van der Waals surface area (Å²) in [5, 5.41) is 13.1. The van der Waals surface area contributed by atoms with Gasteiger partial charge < -0.3 is 9.32 Å². The smallest absolute Gasteiger partial charge is 0.140 e. The molecule has 0 unspecified atom stereocenters. The Bertz CT molecular complexity index is 3130. The lowest BCUT2D eigenvalue weighted by Gasteiger charge is -2.46. The Labute approximate surface area is 342 Å². The van der Waals surface area contributed by atoms with E-state index in [9.17, 15) is 5.26 Å². The molecule has 0 atom stereocenters. The summed E-state index contributed by atoms with van der Waals surface area (Å²) in [6.45, 7) is 0. The van der Waals surface area contributed by atoms with Crippen LogP contribution >= 0.6 is 0 Å². The lowest BCUT2D eigenvalue weighted by Crippen LogP contribution is -2.37. The van der Waals surface area contributed by atoms with Crippen molar-refractivity contribution in [2.45, 2.75) is 5.41 Å². The summed E-state index contributed by atoms with van der Waals surface area (Å²) < 4.78 is 6.83. The molecule has 1 aliphatic rings. The molecule has 11 rings (SSSR count). The van der Waals surface area contributed by atoms with Gasteiger partial charge in [-0.05, 0) is 70.3 Å². The second kappa shape index (κ2) is 13.9. The molecule has 59 heavy (non-hydrogen) atoms. The van der Waals surface area contributed by atoms with Gasteiger partial charge in [0.05, 0.1) is 39.8 Å². The van der Waals surface area contributed by atoms with Crippen LogP contribution in [0.25, 0.3) is 55.6 Å². The molecule has 4 nitrogen and oxygen atoms in total. The maximum absolute atomic E-state index is 10.9. The summed E-state index contributed by atoms with van der Waals surface area (Å²) in [5.41, 5.74) is 14.5. The van der Waals surface area contributed by atoms with Crippen LogP contribution in [-0.4, -0.2) is 4.98 Å². The minimum atomic E-state index is -0.741. The predicted molar refractivity (Wildman–Crippen MR) is 239 cm³/mol. The number of hydrogen-bond donors (Lipinski definition) is 0. The van der Waals surface area contributed by atoms with Crippen LogP contribution in [0.4, 0.5) is 17.1 Å². The molecule has 0 saturated carbocycles. The van der Waals surface area contributed by atoms with Gasteiger partial charge in [0.1, 0.15) is 11.2 Å². The van der Waals surface area contributed by atoms with Crippen LogP contribution < -0.4 is 4.90 Å². The highest BCUT2D eigenvalue weighted by Crippen LogP contribution is 2.59. The molecule has 3 heterocycles. The third-order valence-electron chi connectivity index (χ3n) is 11.8. The summed E-state index contributed by atoms with van der Waals surface area (Å²) in [6, 6.07) is 76.4. The summed E-state index contributed by atoms with van der Waals surface area (Å²) >= 11 is 0. The van der Waals surface area contributed by atoms with Crippen molar-refractivity contribution in [1.29, 1.82) is 5.26 Å². The molecule has 0 N–H and O–H groups in total. The van der Waals surface area contributed by atoms with E-state index in [1.807, 2.05) is 54.6 Å². The zero-order valence-corrected chi connectivity index (χ0v) is 32.0. The van der Waals surface area contributed by atoms with Crippen molar-refractivity contribution in [3.05, 3.63) is 240 Å². The fourth-order valence-corrected chi connectivity index (χ4v) is 9.23. The Kier molecular flexibility index (Phi) is 8.06. The molecule has 0 radical (unpaired) electrons. The summed E-state index contributed by atoms with van der Waals surface area (Å²) in [6.07, 6.45) is 0. The van der Waals surface area contributed by atoms with Gasteiger partial charge in [0, 0.05) is 33.2 Å². The van der Waals surface area contributed by atoms with E-state index in [0.29, 0.717) is 5.56 Å². The van der Waals surface area contributed by atoms with E-state index < -0.39 is 5.41 Å². The topological polar surface area (TPSA) is 53.1 Å². The van der Waals surface area contributed by atoms with E-state index in [-0.39, 0.29) is 0 Å². The molecule has 4 heteroatoms.